The van der Waals surface area contributed by atoms with Crippen LogP contribution in [0, 0.1) is 26.6 Å². The highest BCUT2D eigenvalue weighted by molar-refractivity contribution is 5.97. The molecule has 0 atom stereocenters. The van der Waals surface area contributed by atoms with E-state index in [1.807, 2.05) is 32.0 Å². The number of aryl methyl sites for hydroxylation is 3. The van der Waals surface area contributed by atoms with Gasteiger partial charge in [0.25, 0.3) is 0 Å². The van der Waals surface area contributed by atoms with E-state index in [2.05, 4.69) is 0 Å². The molecule has 20 heavy (non-hydrogen) atoms. The Labute approximate surface area is 118 Å². The predicted molar refractivity (Wildman–Crippen MR) is 77.1 cm³/mol. The van der Waals surface area contributed by atoms with Gasteiger partial charge in [-0.3, -0.25) is 4.79 Å². The molecule has 0 aliphatic rings. The highest BCUT2D eigenvalue weighted by atomic mass is 19.1. The predicted octanol–water partition coefficient (Wildman–Crippen LogP) is 4.75. The topological polar surface area (TPSA) is 26.3 Å². The van der Waals surface area contributed by atoms with Gasteiger partial charge in [-0.1, -0.05) is 12.1 Å². The van der Waals surface area contributed by atoms with E-state index in [0.717, 1.165) is 11.1 Å². The second kappa shape index (κ2) is 5.45. The zero-order chi connectivity index (χ0) is 14.9. The summed E-state index contributed by atoms with van der Waals surface area (Å²) in [7, 11) is 0. The fourth-order valence-electron chi connectivity index (χ4n) is 1.95. The third kappa shape index (κ3) is 2.87. The summed E-state index contributed by atoms with van der Waals surface area (Å²) in [6, 6.07) is 8.64. The summed E-state index contributed by atoms with van der Waals surface area (Å²) in [6.07, 6.45) is 0. The molecule has 0 N–H and O–H groups in total. The van der Waals surface area contributed by atoms with Crippen molar-refractivity contribution < 1.29 is 13.9 Å². The van der Waals surface area contributed by atoms with Crippen LogP contribution < -0.4 is 4.74 Å². The van der Waals surface area contributed by atoms with Gasteiger partial charge in [0.2, 0.25) is 0 Å². The summed E-state index contributed by atoms with van der Waals surface area (Å²) in [5.74, 6) is 0.455. The Balaban J connectivity index is 2.50. The summed E-state index contributed by atoms with van der Waals surface area (Å²) in [5.41, 5.74) is 2.74. The molecule has 0 bridgehead atoms. The van der Waals surface area contributed by atoms with Gasteiger partial charge in [0.05, 0.1) is 5.56 Å². The van der Waals surface area contributed by atoms with Gasteiger partial charge in [-0.2, -0.15) is 0 Å². The van der Waals surface area contributed by atoms with Crippen molar-refractivity contribution in [3.05, 3.63) is 58.4 Å². The van der Waals surface area contributed by atoms with Crippen molar-refractivity contribution in [3.8, 4) is 11.5 Å². The molecule has 0 heterocycles. The second-order valence-electron chi connectivity index (χ2n) is 5.02. The van der Waals surface area contributed by atoms with Crippen molar-refractivity contribution in [2.45, 2.75) is 27.7 Å². The summed E-state index contributed by atoms with van der Waals surface area (Å²) in [6.45, 7) is 6.95. The Hall–Kier alpha value is -2.16. The first-order valence-corrected chi connectivity index (χ1v) is 6.44. The van der Waals surface area contributed by atoms with Crippen LogP contribution in [-0.2, 0) is 0 Å². The zero-order valence-electron chi connectivity index (χ0n) is 12.1. The van der Waals surface area contributed by atoms with E-state index in [0.29, 0.717) is 17.1 Å². The van der Waals surface area contributed by atoms with Gasteiger partial charge >= 0.3 is 0 Å². The molecule has 2 nitrogen and oxygen atoms in total. The van der Waals surface area contributed by atoms with E-state index in [4.69, 9.17) is 4.74 Å². The summed E-state index contributed by atoms with van der Waals surface area (Å²) >= 11 is 0. The van der Waals surface area contributed by atoms with E-state index in [9.17, 15) is 9.18 Å². The largest absolute Gasteiger partial charge is 0.456 e. The van der Waals surface area contributed by atoms with Crippen molar-refractivity contribution in [2.75, 3.05) is 0 Å². The van der Waals surface area contributed by atoms with Crippen LogP contribution in [0.15, 0.2) is 30.3 Å². The van der Waals surface area contributed by atoms with Crippen molar-refractivity contribution in [1.29, 1.82) is 0 Å². The van der Waals surface area contributed by atoms with E-state index in [1.165, 1.54) is 13.0 Å². The quantitative estimate of drug-likeness (QED) is 0.754. The number of carbonyl (C=O) groups is 1. The highest BCUT2D eigenvalue weighted by Crippen LogP contribution is 2.30. The molecule has 0 radical (unpaired) electrons. The van der Waals surface area contributed by atoms with E-state index in [1.54, 1.807) is 13.0 Å². The number of ketones is 1. The molecular weight excluding hydrogens is 255 g/mol. The summed E-state index contributed by atoms with van der Waals surface area (Å²) < 4.78 is 19.4. The maximum absolute atomic E-state index is 13.6. The third-order valence-electron chi connectivity index (χ3n) is 3.20. The molecule has 0 aromatic heterocycles. The first-order chi connectivity index (χ1) is 9.38. The monoisotopic (exact) mass is 272 g/mol. The Morgan fingerprint density at radius 1 is 1.00 bits per heavy atom. The number of rotatable bonds is 3. The lowest BCUT2D eigenvalue weighted by Crippen LogP contribution is -2.00. The smallest absolute Gasteiger partial charge is 0.163 e. The van der Waals surface area contributed by atoms with E-state index >= 15 is 0 Å². The molecule has 0 aliphatic carbocycles. The van der Waals surface area contributed by atoms with Gasteiger partial charge in [-0.15, -0.1) is 0 Å². The number of Topliss-reactive ketones (excluding diaryl/α,β-unsaturated/α-hetero) is 1. The van der Waals surface area contributed by atoms with Crippen molar-refractivity contribution >= 4 is 5.78 Å². The van der Waals surface area contributed by atoms with Gasteiger partial charge in [-0.05, 0) is 62.6 Å². The third-order valence-corrected chi connectivity index (χ3v) is 3.20. The molecule has 3 heteroatoms. The van der Waals surface area contributed by atoms with Crippen LogP contribution in [0.1, 0.15) is 34.0 Å². The minimum Gasteiger partial charge on any atom is -0.456 e. The molecule has 0 spiro atoms. The molecule has 104 valence electrons. The fourth-order valence-corrected chi connectivity index (χ4v) is 1.95. The molecule has 0 fully saturated rings. The Bertz CT molecular complexity index is 675. The van der Waals surface area contributed by atoms with Crippen molar-refractivity contribution in [2.24, 2.45) is 0 Å². The number of hydrogen-bond donors (Lipinski definition) is 0. The van der Waals surface area contributed by atoms with Crippen LogP contribution in [0.2, 0.25) is 0 Å². The van der Waals surface area contributed by atoms with Crippen LogP contribution in [0.3, 0.4) is 0 Å². The van der Waals surface area contributed by atoms with Crippen molar-refractivity contribution in [1.82, 2.24) is 0 Å². The van der Waals surface area contributed by atoms with Crippen LogP contribution in [0.5, 0.6) is 11.5 Å². The van der Waals surface area contributed by atoms with Crippen molar-refractivity contribution in [3.63, 3.8) is 0 Å². The number of halogens is 1. The number of benzene rings is 2. The Morgan fingerprint density at radius 3 is 2.35 bits per heavy atom. The number of hydrogen-bond acceptors (Lipinski definition) is 2. The standard InChI is InChI=1S/C17H17FO2/c1-10-5-6-11(2)16(7-10)20-17-8-12(3)15(18)9-14(17)13(4)19/h5-9H,1-4H3. The lowest BCUT2D eigenvalue weighted by Gasteiger charge is -2.13. The first kappa shape index (κ1) is 14.3. The average molecular weight is 272 g/mol. The molecule has 0 saturated carbocycles. The maximum Gasteiger partial charge on any atom is 0.163 e. The molecule has 0 amide bonds. The minimum atomic E-state index is -0.400. The zero-order valence-corrected chi connectivity index (χ0v) is 12.1. The number of ether oxygens (including phenoxy) is 1. The summed E-state index contributed by atoms with van der Waals surface area (Å²) in [4.78, 5) is 11.6. The minimum absolute atomic E-state index is 0.218. The van der Waals surface area contributed by atoms with E-state index in [-0.39, 0.29) is 11.3 Å². The first-order valence-electron chi connectivity index (χ1n) is 6.44. The molecule has 2 rings (SSSR count). The van der Waals surface area contributed by atoms with Crippen LogP contribution in [-0.4, -0.2) is 5.78 Å². The molecule has 2 aromatic carbocycles. The SMILES string of the molecule is CC(=O)c1cc(F)c(C)cc1Oc1cc(C)ccc1C. The van der Waals surface area contributed by atoms with Gasteiger partial charge in [0.15, 0.2) is 5.78 Å². The lowest BCUT2D eigenvalue weighted by atomic mass is 10.1. The molecule has 2 aromatic rings. The Morgan fingerprint density at radius 2 is 1.70 bits per heavy atom. The lowest BCUT2D eigenvalue weighted by molar-refractivity contribution is 0.101. The Kier molecular flexibility index (Phi) is 3.89. The second-order valence-corrected chi connectivity index (χ2v) is 5.02. The van der Waals surface area contributed by atoms with E-state index < -0.39 is 5.82 Å². The van der Waals surface area contributed by atoms with Gasteiger partial charge in [-0.25, -0.2) is 4.39 Å². The fraction of sp³-hybridized carbons (Fsp3) is 0.235. The van der Waals surface area contributed by atoms with Gasteiger partial charge in [0, 0.05) is 0 Å². The average Bonchev–Trinajstić information content (AvgIpc) is 2.37. The van der Waals surface area contributed by atoms with Crippen LogP contribution in [0.4, 0.5) is 4.39 Å². The highest BCUT2D eigenvalue weighted by Gasteiger charge is 2.14. The molecule has 0 aliphatic heterocycles. The maximum atomic E-state index is 13.6. The number of carbonyl (C=O) groups excluding carboxylic acids is 1. The molecule has 0 unspecified atom stereocenters. The molecule has 0 saturated heterocycles. The van der Waals surface area contributed by atoms with Crippen LogP contribution in [0.25, 0.3) is 0 Å². The summed E-state index contributed by atoms with van der Waals surface area (Å²) in [5, 5.41) is 0. The van der Waals surface area contributed by atoms with Gasteiger partial charge in [0.1, 0.15) is 17.3 Å². The van der Waals surface area contributed by atoms with Gasteiger partial charge < -0.3 is 4.74 Å². The molecular formula is C17H17FO2. The van der Waals surface area contributed by atoms with Crippen LogP contribution >= 0.6 is 0 Å². The normalized spacial score (nSPS) is 10.4.